The Balaban J connectivity index is 1.96. The van der Waals surface area contributed by atoms with E-state index in [0.717, 1.165) is 0 Å². The molecule has 0 bridgehead atoms. The number of alkyl halides is 2. The van der Waals surface area contributed by atoms with Crippen molar-refractivity contribution in [1.29, 1.82) is 0 Å². The molecule has 24 heavy (non-hydrogen) atoms. The van der Waals surface area contributed by atoms with Gasteiger partial charge in [-0.15, -0.1) is 0 Å². The molecule has 0 radical (unpaired) electrons. The molecule has 0 heterocycles. The van der Waals surface area contributed by atoms with Crippen molar-refractivity contribution in [2.75, 3.05) is 12.4 Å². The first-order valence-corrected chi connectivity index (χ1v) is 7.89. The van der Waals surface area contributed by atoms with Gasteiger partial charge in [0.05, 0.1) is 0 Å². The van der Waals surface area contributed by atoms with E-state index in [4.69, 9.17) is 12.2 Å². The van der Waals surface area contributed by atoms with E-state index in [9.17, 15) is 8.78 Å². The van der Waals surface area contributed by atoms with Gasteiger partial charge in [0.2, 0.25) is 0 Å². The third kappa shape index (κ3) is 5.16. The molecule has 128 valence electrons. The molecule has 0 fully saturated rings. The molecular formula is C18H20F2N2OS. The maximum atomic E-state index is 12.1. The molecule has 0 aliphatic heterocycles. The predicted molar refractivity (Wildman–Crippen MR) is 96.7 cm³/mol. The molecule has 0 amide bonds. The van der Waals surface area contributed by atoms with Gasteiger partial charge in [0.25, 0.3) is 0 Å². The summed E-state index contributed by atoms with van der Waals surface area (Å²) in [6, 6.07) is 12.6. The number of hydrogen-bond acceptors (Lipinski definition) is 2. The van der Waals surface area contributed by atoms with Gasteiger partial charge < -0.3 is 15.0 Å². The van der Waals surface area contributed by atoms with Crippen molar-refractivity contribution in [3.63, 3.8) is 0 Å². The number of thiocarbonyl (C=S) groups is 1. The highest BCUT2D eigenvalue weighted by molar-refractivity contribution is 7.80. The molecule has 0 aliphatic carbocycles. The second-order valence-electron chi connectivity index (χ2n) is 5.62. The maximum absolute atomic E-state index is 12.1. The Morgan fingerprint density at radius 3 is 2.42 bits per heavy atom. The molecule has 0 aliphatic rings. The van der Waals surface area contributed by atoms with Crippen molar-refractivity contribution in [3.8, 4) is 5.75 Å². The van der Waals surface area contributed by atoms with E-state index < -0.39 is 6.61 Å². The van der Waals surface area contributed by atoms with Gasteiger partial charge in [0.15, 0.2) is 5.11 Å². The van der Waals surface area contributed by atoms with Crippen LogP contribution < -0.4 is 10.1 Å². The van der Waals surface area contributed by atoms with Crippen molar-refractivity contribution >= 4 is 23.0 Å². The number of aryl methyl sites for hydroxylation is 2. The van der Waals surface area contributed by atoms with Crippen LogP contribution in [0.2, 0.25) is 0 Å². The number of benzene rings is 2. The Morgan fingerprint density at radius 2 is 1.83 bits per heavy atom. The van der Waals surface area contributed by atoms with E-state index in [2.05, 4.69) is 42.1 Å². The van der Waals surface area contributed by atoms with Gasteiger partial charge in [-0.1, -0.05) is 23.8 Å². The fraction of sp³-hybridized carbons (Fsp3) is 0.278. The van der Waals surface area contributed by atoms with Crippen LogP contribution >= 0.6 is 12.2 Å². The van der Waals surface area contributed by atoms with Crippen LogP contribution in [0.3, 0.4) is 0 Å². The lowest BCUT2D eigenvalue weighted by Crippen LogP contribution is -2.30. The summed E-state index contributed by atoms with van der Waals surface area (Å²) < 4.78 is 28.6. The van der Waals surface area contributed by atoms with Gasteiger partial charge >= 0.3 is 6.61 Å². The lowest BCUT2D eigenvalue weighted by atomic mass is 10.1. The van der Waals surface area contributed by atoms with Crippen molar-refractivity contribution in [2.24, 2.45) is 0 Å². The zero-order valence-electron chi connectivity index (χ0n) is 13.8. The molecular weight excluding hydrogens is 330 g/mol. The Bertz CT molecular complexity index is 705. The van der Waals surface area contributed by atoms with Crippen LogP contribution in [0.15, 0.2) is 42.5 Å². The SMILES string of the molecule is Cc1ccc(CN(C)C(=S)Nc2ccc(OC(F)F)cc2)c(C)c1. The van der Waals surface area contributed by atoms with Gasteiger partial charge in [-0.2, -0.15) is 8.78 Å². The van der Waals surface area contributed by atoms with Crippen molar-refractivity contribution in [3.05, 3.63) is 59.2 Å². The average molecular weight is 350 g/mol. The van der Waals surface area contributed by atoms with Crippen LogP contribution in [-0.4, -0.2) is 23.7 Å². The zero-order chi connectivity index (χ0) is 17.7. The Labute approximate surface area is 146 Å². The molecule has 0 spiro atoms. The van der Waals surface area contributed by atoms with E-state index >= 15 is 0 Å². The molecule has 2 aromatic carbocycles. The summed E-state index contributed by atoms with van der Waals surface area (Å²) in [5, 5.41) is 3.64. The lowest BCUT2D eigenvalue weighted by Gasteiger charge is -2.22. The largest absolute Gasteiger partial charge is 0.435 e. The molecule has 6 heteroatoms. The number of halogens is 2. The van der Waals surface area contributed by atoms with Crippen LogP contribution in [0.25, 0.3) is 0 Å². The lowest BCUT2D eigenvalue weighted by molar-refractivity contribution is -0.0498. The van der Waals surface area contributed by atoms with Crippen LogP contribution in [0.1, 0.15) is 16.7 Å². The second-order valence-corrected chi connectivity index (χ2v) is 6.01. The molecule has 3 nitrogen and oxygen atoms in total. The molecule has 0 aromatic heterocycles. The standard InChI is InChI=1S/C18H20F2N2OS/c1-12-4-5-14(13(2)10-12)11-22(3)18(24)21-15-6-8-16(9-7-15)23-17(19)20/h4-10,17H,11H2,1-3H3,(H,21,24). The van der Waals surface area contributed by atoms with Gasteiger partial charge in [-0.3, -0.25) is 0 Å². The van der Waals surface area contributed by atoms with Gasteiger partial charge in [0, 0.05) is 19.3 Å². The number of ether oxygens (including phenoxy) is 1. The van der Waals surface area contributed by atoms with Crippen LogP contribution in [0.4, 0.5) is 14.5 Å². The van der Waals surface area contributed by atoms with Crippen molar-refractivity contribution < 1.29 is 13.5 Å². The minimum Gasteiger partial charge on any atom is -0.435 e. The van der Waals surface area contributed by atoms with E-state index in [1.54, 1.807) is 12.1 Å². The highest BCUT2D eigenvalue weighted by atomic mass is 32.1. The first-order chi connectivity index (χ1) is 11.3. The van der Waals surface area contributed by atoms with Crippen LogP contribution in [0.5, 0.6) is 5.75 Å². The van der Waals surface area contributed by atoms with Gasteiger partial charge in [-0.05, 0) is 61.5 Å². The van der Waals surface area contributed by atoms with Crippen molar-refractivity contribution in [2.45, 2.75) is 27.0 Å². The molecule has 2 rings (SSSR count). The number of nitrogens with one attached hydrogen (secondary N) is 1. The smallest absolute Gasteiger partial charge is 0.387 e. The quantitative estimate of drug-likeness (QED) is 0.788. The van der Waals surface area contributed by atoms with E-state index in [1.807, 2.05) is 11.9 Å². The van der Waals surface area contributed by atoms with Gasteiger partial charge in [0.1, 0.15) is 5.75 Å². The molecule has 0 unspecified atom stereocenters. The summed E-state index contributed by atoms with van der Waals surface area (Å²) in [5.41, 5.74) is 4.37. The Hall–Kier alpha value is -2.21. The Morgan fingerprint density at radius 1 is 1.17 bits per heavy atom. The van der Waals surface area contributed by atoms with E-state index in [0.29, 0.717) is 17.3 Å². The summed E-state index contributed by atoms with van der Waals surface area (Å²) in [7, 11) is 1.91. The Kier molecular flexibility index (Phi) is 6.09. The number of hydrogen-bond donors (Lipinski definition) is 1. The predicted octanol–water partition coefficient (Wildman–Crippen LogP) is 4.73. The molecule has 2 aromatic rings. The minimum absolute atomic E-state index is 0.116. The summed E-state index contributed by atoms with van der Waals surface area (Å²) in [6.07, 6.45) is 0. The summed E-state index contributed by atoms with van der Waals surface area (Å²) in [6.45, 7) is 2.00. The minimum atomic E-state index is -2.83. The number of anilines is 1. The third-order valence-corrected chi connectivity index (χ3v) is 4.00. The molecule has 0 saturated carbocycles. The van der Waals surface area contributed by atoms with Crippen LogP contribution in [0, 0.1) is 13.8 Å². The first-order valence-electron chi connectivity index (χ1n) is 7.48. The normalized spacial score (nSPS) is 10.6. The monoisotopic (exact) mass is 350 g/mol. The second kappa shape index (κ2) is 8.06. The average Bonchev–Trinajstić information content (AvgIpc) is 2.51. The molecule has 0 atom stereocenters. The highest BCUT2D eigenvalue weighted by Gasteiger charge is 2.08. The summed E-state index contributed by atoms with van der Waals surface area (Å²) >= 11 is 5.39. The van der Waals surface area contributed by atoms with E-state index in [-0.39, 0.29) is 5.75 Å². The number of rotatable bonds is 5. The molecule has 1 N–H and O–H groups in total. The zero-order valence-corrected chi connectivity index (χ0v) is 14.7. The van der Waals surface area contributed by atoms with Crippen LogP contribution in [-0.2, 0) is 6.54 Å². The summed E-state index contributed by atoms with van der Waals surface area (Å²) in [5.74, 6) is 0.116. The highest BCUT2D eigenvalue weighted by Crippen LogP contribution is 2.18. The molecule has 0 saturated heterocycles. The van der Waals surface area contributed by atoms with Gasteiger partial charge in [-0.25, -0.2) is 0 Å². The fourth-order valence-corrected chi connectivity index (χ4v) is 2.47. The number of nitrogens with zero attached hydrogens (tertiary/aromatic N) is 1. The topological polar surface area (TPSA) is 24.5 Å². The summed E-state index contributed by atoms with van der Waals surface area (Å²) in [4.78, 5) is 1.93. The van der Waals surface area contributed by atoms with Crippen molar-refractivity contribution in [1.82, 2.24) is 4.90 Å². The third-order valence-electron chi connectivity index (χ3n) is 3.58. The van der Waals surface area contributed by atoms with E-state index in [1.165, 1.54) is 28.8 Å². The fourth-order valence-electron chi connectivity index (χ4n) is 2.29. The maximum Gasteiger partial charge on any atom is 0.387 e. The first kappa shape index (κ1) is 18.1.